The fourth-order valence-electron chi connectivity index (χ4n) is 0.554. The summed E-state index contributed by atoms with van der Waals surface area (Å²) in [5, 5.41) is 4.09. The predicted molar refractivity (Wildman–Crippen MR) is 25.7 cm³/mol. The van der Waals surface area contributed by atoms with Crippen molar-refractivity contribution in [1.82, 2.24) is 4.90 Å². The summed E-state index contributed by atoms with van der Waals surface area (Å²) in [5.74, 6) is 0. The van der Waals surface area contributed by atoms with Crippen LogP contribution in [-0.4, -0.2) is 31.7 Å². The van der Waals surface area contributed by atoms with E-state index in [2.05, 4.69) is 17.3 Å². The van der Waals surface area contributed by atoms with Crippen LogP contribution in [0.1, 0.15) is 0 Å². The number of hydrogen-bond donors (Lipinski definition) is 0. The van der Waals surface area contributed by atoms with Gasteiger partial charge in [0.15, 0.2) is 0 Å². The van der Waals surface area contributed by atoms with Gasteiger partial charge in [0.25, 0.3) is 0 Å². The van der Waals surface area contributed by atoms with Crippen LogP contribution in [0.2, 0.25) is 0 Å². The van der Waals surface area contributed by atoms with Gasteiger partial charge >= 0.3 is 0 Å². The Morgan fingerprint density at radius 2 is 2.29 bits per heavy atom. The summed E-state index contributed by atoms with van der Waals surface area (Å²) in [5.41, 5.74) is 0. The Morgan fingerprint density at radius 1 is 1.57 bits per heavy atom. The first-order valence-electron chi connectivity index (χ1n) is 2.21. The van der Waals surface area contributed by atoms with Crippen molar-refractivity contribution in [2.24, 2.45) is 0 Å². The smallest absolute Gasteiger partial charge is 0 e. The van der Waals surface area contributed by atoms with Gasteiger partial charge in [0.05, 0.1) is 0 Å². The fraction of sp³-hybridized carbons (Fsp3) is 1.00. The van der Waals surface area contributed by atoms with Gasteiger partial charge in [-0.25, -0.2) is 0 Å². The zero-order valence-corrected chi connectivity index (χ0v) is 7.11. The number of likely N-dealkylation sites (N-methyl/N-ethyl adjacent to an activating group) is 1. The number of nitrogens with zero attached hydrogens (tertiary/aromatic N) is 2. The van der Waals surface area contributed by atoms with E-state index in [-0.39, 0.29) is 20.4 Å². The Hall–Kier alpha value is 0.582. The van der Waals surface area contributed by atoms with Crippen LogP contribution in [0.15, 0.2) is 0 Å². The molecule has 1 radical (unpaired) electrons. The first-order valence-corrected chi connectivity index (χ1v) is 2.21. The molecule has 0 aromatic heterocycles. The van der Waals surface area contributed by atoms with Gasteiger partial charge in [-0.2, -0.15) is 0 Å². The molecule has 1 heterocycles. The molecule has 1 aliphatic rings. The number of rotatable bonds is 0. The second-order valence-corrected chi connectivity index (χ2v) is 1.67. The molecule has 2 nitrogen and oxygen atoms in total. The van der Waals surface area contributed by atoms with Gasteiger partial charge in [-0.1, -0.05) is 6.67 Å². The summed E-state index contributed by atoms with van der Waals surface area (Å²) < 4.78 is 0. The van der Waals surface area contributed by atoms with Crippen molar-refractivity contribution >= 4 is 0 Å². The minimum absolute atomic E-state index is 0. The molecule has 0 spiro atoms. The molecule has 0 aromatic carbocycles. The molecule has 1 rings (SSSR count). The average molecular weight is 271 g/mol. The Kier molecular flexibility index (Phi) is 3.86. The SMILES string of the molecule is CN1CC[N-]C1.[Re]. The molecule has 0 unspecified atom stereocenters. The molecular weight excluding hydrogens is 262 g/mol. The molecule has 3 heteroatoms. The monoisotopic (exact) mass is 272 g/mol. The molecule has 0 aliphatic carbocycles. The van der Waals surface area contributed by atoms with Crippen LogP contribution < -0.4 is 0 Å². The molecule has 0 N–H and O–H groups in total. The Labute approximate surface area is 57.9 Å². The largest absolute Gasteiger partial charge is 0.649 e. The minimum Gasteiger partial charge on any atom is -0.649 e. The standard InChI is InChI=1S/C4H9N2.Re/c1-6-3-2-5-4-6;/h2-4H2,1H3;/q-1;. The van der Waals surface area contributed by atoms with E-state index in [1.807, 2.05) is 0 Å². The van der Waals surface area contributed by atoms with Gasteiger partial charge in [0.2, 0.25) is 0 Å². The zero-order valence-electron chi connectivity index (χ0n) is 4.39. The Morgan fingerprint density at radius 3 is 2.43 bits per heavy atom. The third kappa shape index (κ3) is 2.40. The first kappa shape index (κ1) is 7.58. The molecule has 0 saturated carbocycles. The van der Waals surface area contributed by atoms with Gasteiger partial charge in [0.1, 0.15) is 0 Å². The molecule has 43 valence electrons. The van der Waals surface area contributed by atoms with Crippen molar-refractivity contribution in [3.63, 3.8) is 0 Å². The zero-order chi connectivity index (χ0) is 4.41. The molecule has 1 aliphatic heterocycles. The normalized spacial score (nSPS) is 21.9. The summed E-state index contributed by atoms with van der Waals surface area (Å²) in [6, 6.07) is 0. The van der Waals surface area contributed by atoms with Crippen LogP contribution in [0.3, 0.4) is 0 Å². The van der Waals surface area contributed by atoms with E-state index in [4.69, 9.17) is 0 Å². The van der Waals surface area contributed by atoms with E-state index >= 15 is 0 Å². The molecule has 0 amide bonds. The van der Waals surface area contributed by atoms with Crippen molar-refractivity contribution in [1.29, 1.82) is 0 Å². The first-order chi connectivity index (χ1) is 2.89. The molecule has 7 heavy (non-hydrogen) atoms. The molecular formula is C4H9N2Re-. The third-order valence-electron chi connectivity index (χ3n) is 0.981. The third-order valence-corrected chi connectivity index (χ3v) is 0.981. The topological polar surface area (TPSA) is 17.3 Å². The van der Waals surface area contributed by atoms with Crippen LogP contribution >= 0.6 is 0 Å². The maximum Gasteiger partial charge on any atom is 0 e. The van der Waals surface area contributed by atoms with Crippen LogP contribution in [-0.2, 0) is 20.4 Å². The van der Waals surface area contributed by atoms with Crippen LogP contribution in [0.25, 0.3) is 5.32 Å². The van der Waals surface area contributed by atoms with Crippen LogP contribution in [0.5, 0.6) is 0 Å². The van der Waals surface area contributed by atoms with E-state index in [0.717, 1.165) is 19.8 Å². The van der Waals surface area contributed by atoms with Gasteiger partial charge in [-0.05, 0) is 13.6 Å². The van der Waals surface area contributed by atoms with Crippen LogP contribution in [0, 0.1) is 0 Å². The van der Waals surface area contributed by atoms with E-state index in [0.29, 0.717) is 0 Å². The summed E-state index contributed by atoms with van der Waals surface area (Å²) in [7, 11) is 2.08. The van der Waals surface area contributed by atoms with Crippen molar-refractivity contribution < 1.29 is 20.4 Å². The fourth-order valence-corrected chi connectivity index (χ4v) is 0.554. The van der Waals surface area contributed by atoms with Crippen molar-refractivity contribution in [3.8, 4) is 0 Å². The quantitative estimate of drug-likeness (QED) is 0.618. The molecule has 0 atom stereocenters. The molecule has 0 aromatic rings. The predicted octanol–water partition coefficient (Wildman–Crippen LogP) is 0.260. The average Bonchev–Trinajstić information content (AvgIpc) is 1.86. The summed E-state index contributed by atoms with van der Waals surface area (Å²) >= 11 is 0. The minimum atomic E-state index is 0. The summed E-state index contributed by atoms with van der Waals surface area (Å²) in [4.78, 5) is 2.19. The van der Waals surface area contributed by atoms with E-state index < -0.39 is 0 Å². The van der Waals surface area contributed by atoms with E-state index in [1.54, 1.807) is 0 Å². The second-order valence-electron chi connectivity index (χ2n) is 1.67. The van der Waals surface area contributed by atoms with Gasteiger partial charge in [0, 0.05) is 20.4 Å². The second kappa shape index (κ2) is 3.57. The Bertz CT molecular complexity index is 43.0. The van der Waals surface area contributed by atoms with E-state index in [9.17, 15) is 0 Å². The number of hydrogen-bond acceptors (Lipinski definition) is 1. The maximum absolute atomic E-state index is 4.09. The summed E-state index contributed by atoms with van der Waals surface area (Å²) in [6.07, 6.45) is 0. The maximum atomic E-state index is 4.09. The van der Waals surface area contributed by atoms with Crippen LogP contribution in [0.4, 0.5) is 0 Å². The summed E-state index contributed by atoms with van der Waals surface area (Å²) in [6.45, 7) is 3.14. The van der Waals surface area contributed by atoms with Crippen molar-refractivity contribution in [3.05, 3.63) is 5.32 Å². The molecule has 1 saturated heterocycles. The molecule has 0 bridgehead atoms. The van der Waals surface area contributed by atoms with Crippen molar-refractivity contribution in [2.45, 2.75) is 0 Å². The van der Waals surface area contributed by atoms with Gasteiger partial charge in [-0.15, -0.1) is 6.54 Å². The Balaban J connectivity index is 0.000000360. The molecule has 1 fully saturated rings. The van der Waals surface area contributed by atoms with Crippen molar-refractivity contribution in [2.75, 3.05) is 26.8 Å². The van der Waals surface area contributed by atoms with Gasteiger partial charge < -0.3 is 10.2 Å². The van der Waals surface area contributed by atoms with Gasteiger partial charge in [-0.3, -0.25) is 0 Å². The van der Waals surface area contributed by atoms with E-state index in [1.165, 1.54) is 0 Å².